The van der Waals surface area contributed by atoms with Crippen LogP contribution >= 0.6 is 24.0 Å². The third kappa shape index (κ3) is 3.83. The molecule has 1 aliphatic carbocycles. The van der Waals surface area contributed by atoms with Gasteiger partial charge in [-0.05, 0) is 43.2 Å². The molecule has 2 heterocycles. The molecular weight excluding hydrogens is 451 g/mol. The molecule has 0 bridgehead atoms. The molecule has 4 nitrogen and oxygen atoms in total. The number of rotatable bonds is 2. The maximum atomic E-state index is 14.0. The van der Waals surface area contributed by atoms with Crippen molar-refractivity contribution >= 4 is 29.9 Å². The van der Waals surface area contributed by atoms with Crippen molar-refractivity contribution in [2.24, 2.45) is 10.4 Å². The lowest BCUT2D eigenvalue weighted by molar-refractivity contribution is 0.0217. The Balaban J connectivity index is 0.00000196. The first-order chi connectivity index (χ1) is 12.1. The van der Waals surface area contributed by atoms with Gasteiger partial charge in [0.1, 0.15) is 11.6 Å². The maximum absolute atomic E-state index is 14.0. The molecular formula is C19H26F2IN3O. The summed E-state index contributed by atoms with van der Waals surface area (Å²) >= 11 is 0. The Morgan fingerprint density at radius 3 is 2.58 bits per heavy atom. The Morgan fingerprint density at radius 1 is 1.23 bits per heavy atom. The number of hydrogen-bond donors (Lipinski definition) is 1. The van der Waals surface area contributed by atoms with Gasteiger partial charge in [-0.15, -0.1) is 24.0 Å². The standard InChI is InChI=1S/C19H25F2N3O.HI/c1-22-18(24-8-5-19(12-24)6-9-25-10-7-19)23-16-11-13(16)17-14(20)3-2-4-15(17)21;/h2-4,13,16H,5-12H2,1H3,(H,22,23);1H. The predicted molar refractivity (Wildman–Crippen MR) is 108 cm³/mol. The highest BCUT2D eigenvalue weighted by Gasteiger charge is 2.45. The van der Waals surface area contributed by atoms with Crippen molar-refractivity contribution in [2.75, 3.05) is 33.4 Å². The van der Waals surface area contributed by atoms with E-state index in [4.69, 9.17) is 4.74 Å². The summed E-state index contributed by atoms with van der Waals surface area (Å²) in [5.41, 5.74) is 0.550. The quantitative estimate of drug-likeness (QED) is 0.403. The fourth-order valence-corrected chi connectivity index (χ4v) is 4.33. The van der Waals surface area contributed by atoms with Gasteiger partial charge in [-0.1, -0.05) is 6.07 Å². The Morgan fingerprint density at radius 2 is 1.92 bits per heavy atom. The molecule has 1 saturated carbocycles. The van der Waals surface area contributed by atoms with Gasteiger partial charge < -0.3 is 15.0 Å². The van der Waals surface area contributed by atoms with Gasteiger partial charge in [0, 0.05) is 50.9 Å². The van der Waals surface area contributed by atoms with Crippen LogP contribution in [0.15, 0.2) is 23.2 Å². The topological polar surface area (TPSA) is 36.9 Å². The van der Waals surface area contributed by atoms with Gasteiger partial charge in [0.15, 0.2) is 5.96 Å². The summed E-state index contributed by atoms with van der Waals surface area (Å²) in [7, 11) is 1.78. The average molecular weight is 477 g/mol. The summed E-state index contributed by atoms with van der Waals surface area (Å²) in [6, 6.07) is 4.13. The number of nitrogens with one attached hydrogen (secondary N) is 1. The summed E-state index contributed by atoms with van der Waals surface area (Å²) in [6.07, 6.45) is 4.11. The molecule has 0 amide bonds. The van der Waals surface area contributed by atoms with Crippen molar-refractivity contribution in [3.63, 3.8) is 0 Å². The molecule has 3 aliphatic rings. The highest BCUT2D eigenvalue weighted by Crippen LogP contribution is 2.44. The summed E-state index contributed by atoms with van der Waals surface area (Å²) in [5, 5.41) is 3.42. The molecule has 1 N–H and O–H groups in total. The van der Waals surface area contributed by atoms with Crippen molar-refractivity contribution in [1.29, 1.82) is 0 Å². The van der Waals surface area contributed by atoms with E-state index in [-0.39, 0.29) is 41.5 Å². The predicted octanol–water partition coefficient (Wildman–Crippen LogP) is 3.52. The van der Waals surface area contributed by atoms with E-state index in [1.165, 1.54) is 18.2 Å². The summed E-state index contributed by atoms with van der Waals surface area (Å²) in [4.78, 5) is 6.70. The summed E-state index contributed by atoms with van der Waals surface area (Å²) in [5.74, 6) is -0.163. The van der Waals surface area contributed by atoms with Crippen molar-refractivity contribution in [1.82, 2.24) is 10.2 Å². The first-order valence-electron chi connectivity index (χ1n) is 9.12. The number of likely N-dealkylation sites (tertiary alicyclic amines) is 1. The minimum absolute atomic E-state index is 0. The van der Waals surface area contributed by atoms with Crippen LogP contribution in [0.2, 0.25) is 0 Å². The SMILES string of the molecule is CN=C(NC1CC1c1c(F)cccc1F)N1CCC2(CCOCC2)C1.I. The zero-order valence-electron chi connectivity index (χ0n) is 15.0. The van der Waals surface area contributed by atoms with E-state index >= 15 is 0 Å². The van der Waals surface area contributed by atoms with Gasteiger partial charge in [0.2, 0.25) is 0 Å². The van der Waals surface area contributed by atoms with Crippen LogP contribution in [0.1, 0.15) is 37.2 Å². The van der Waals surface area contributed by atoms with Crippen LogP contribution in [0.3, 0.4) is 0 Å². The highest BCUT2D eigenvalue weighted by atomic mass is 127. The Hall–Kier alpha value is -0.960. The molecule has 0 aromatic heterocycles. The average Bonchev–Trinajstić information content (AvgIpc) is 3.25. The van der Waals surface area contributed by atoms with Crippen molar-refractivity contribution in [3.8, 4) is 0 Å². The second-order valence-electron chi connectivity index (χ2n) is 7.56. The number of ether oxygens (including phenoxy) is 1. The number of aliphatic imine (C=N–C) groups is 1. The van der Waals surface area contributed by atoms with Gasteiger partial charge in [-0.25, -0.2) is 8.78 Å². The number of guanidine groups is 1. The molecule has 2 aliphatic heterocycles. The Bertz CT molecular complexity index is 658. The maximum Gasteiger partial charge on any atom is 0.193 e. The normalized spacial score (nSPS) is 27.3. The van der Waals surface area contributed by atoms with Gasteiger partial charge in [0.05, 0.1) is 0 Å². The van der Waals surface area contributed by atoms with Crippen molar-refractivity contribution in [2.45, 2.75) is 37.6 Å². The van der Waals surface area contributed by atoms with E-state index in [9.17, 15) is 8.78 Å². The molecule has 4 rings (SSSR count). The minimum Gasteiger partial charge on any atom is -0.381 e. The van der Waals surface area contributed by atoms with Crippen molar-refractivity contribution in [3.05, 3.63) is 35.4 Å². The second kappa shape index (κ2) is 7.96. The van der Waals surface area contributed by atoms with Crippen LogP contribution in [0, 0.1) is 17.0 Å². The molecule has 2 saturated heterocycles. The van der Waals surface area contributed by atoms with E-state index in [1.807, 2.05) is 0 Å². The van der Waals surface area contributed by atoms with E-state index in [1.54, 1.807) is 7.05 Å². The Labute approximate surface area is 170 Å². The molecule has 7 heteroatoms. The van der Waals surface area contributed by atoms with E-state index < -0.39 is 11.6 Å². The summed E-state index contributed by atoms with van der Waals surface area (Å²) in [6.45, 7) is 3.65. The molecule has 2 unspecified atom stereocenters. The van der Waals surface area contributed by atoms with Crippen LogP contribution in [-0.2, 0) is 4.74 Å². The van der Waals surface area contributed by atoms with Gasteiger partial charge >= 0.3 is 0 Å². The zero-order valence-corrected chi connectivity index (χ0v) is 17.3. The number of halogens is 3. The first-order valence-corrected chi connectivity index (χ1v) is 9.12. The largest absolute Gasteiger partial charge is 0.381 e. The lowest BCUT2D eigenvalue weighted by Gasteiger charge is -2.33. The van der Waals surface area contributed by atoms with E-state index in [0.29, 0.717) is 5.41 Å². The smallest absolute Gasteiger partial charge is 0.193 e. The number of nitrogens with zero attached hydrogens (tertiary/aromatic N) is 2. The molecule has 0 radical (unpaired) electrons. The van der Waals surface area contributed by atoms with Crippen LogP contribution in [0.25, 0.3) is 0 Å². The van der Waals surface area contributed by atoms with Crippen LogP contribution in [-0.4, -0.2) is 50.3 Å². The zero-order chi connectivity index (χ0) is 17.4. The van der Waals surface area contributed by atoms with Gasteiger partial charge in [-0.3, -0.25) is 4.99 Å². The van der Waals surface area contributed by atoms with E-state index in [2.05, 4.69) is 15.2 Å². The molecule has 1 aromatic carbocycles. The van der Waals surface area contributed by atoms with E-state index in [0.717, 1.165) is 57.9 Å². The molecule has 144 valence electrons. The number of hydrogen-bond acceptors (Lipinski definition) is 2. The summed E-state index contributed by atoms with van der Waals surface area (Å²) < 4.78 is 33.4. The molecule has 26 heavy (non-hydrogen) atoms. The van der Waals surface area contributed by atoms with Crippen LogP contribution < -0.4 is 5.32 Å². The van der Waals surface area contributed by atoms with Gasteiger partial charge in [-0.2, -0.15) is 0 Å². The lowest BCUT2D eigenvalue weighted by Crippen LogP contribution is -2.43. The van der Waals surface area contributed by atoms with Crippen LogP contribution in [0.5, 0.6) is 0 Å². The van der Waals surface area contributed by atoms with Crippen LogP contribution in [0.4, 0.5) is 8.78 Å². The van der Waals surface area contributed by atoms with Crippen molar-refractivity contribution < 1.29 is 13.5 Å². The molecule has 1 aromatic rings. The fraction of sp³-hybridized carbons (Fsp3) is 0.632. The monoisotopic (exact) mass is 477 g/mol. The lowest BCUT2D eigenvalue weighted by atomic mass is 9.80. The minimum atomic E-state index is -0.452. The molecule has 2 atom stereocenters. The van der Waals surface area contributed by atoms with Gasteiger partial charge in [0.25, 0.3) is 0 Å². The molecule has 3 fully saturated rings. The third-order valence-corrected chi connectivity index (χ3v) is 5.98. The molecule has 1 spiro atoms. The highest BCUT2D eigenvalue weighted by molar-refractivity contribution is 14.0. The fourth-order valence-electron chi connectivity index (χ4n) is 4.33. The first kappa shape index (κ1) is 19.8. The number of benzene rings is 1. The third-order valence-electron chi connectivity index (χ3n) is 5.98. The second-order valence-corrected chi connectivity index (χ2v) is 7.56. The Kier molecular flexibility index (Phi) is 6.06.